The number of rotatable bonds is 4. The maximum absolute atomic E-state index is 14.1. The smallest absolute Gasteiger partial charge is 0.188 e. The first-order valence-corrected chi connectivity index (χ1v) is 11.7. The van der Waals surface area contributed by atoms with Crippen LogP contribution in [0.1, 0.15) is 42.9 Å². The van der Waals surface area contributed by atoms with Crippen molar-refractivity contribution >= 4 is 17.6 Å². The quantitative estimate of drug-likeness (QED) is 0.449. The second-order valence-corrected chi connectivity index (χ2v) is 9.57. The predicted octanol–water partition coefficient (Wildman–Crippen LogP) is 6.76. The van der Waals surface area contributed by atoms with Gasteiger partial charge in [0.2, 0.25) is 0 Å². The molecule has 2 aliphatic rings. The Bertz CT molecular complexity index is 1300. The third-order valence-electron chi connectivity index (χ3n) is 6.76. The van der Waals surface area contributed by atoms with E-state index in [2.05, 4.69) is 55.6 Å². The highest BCUT2D eigenvalue weighted by molar-refractivity contribution is 6.15. The molecule has 0 aromatic heterocycles. The molecular formula is C31H29NO2. The van der Waals surface area contributed by atoms with Gasteiger partial charge in [0.15, 0.2) is 5.78 Å². The molecule has 0 bridgehead atoms. The van der Waals surface area contributed by atoms with E-state index in [0.29, 0.717) is 0 Å². The molecule has 34 heavy (non-hydrogen) atoms. The van der Waals surface area contributed by atoms with Gasteiger partial charge < -0.3 is 10.1 Å². The molecule has 0 amide bonds. The monoisotopic (exact) mass is 447 g/mol. The Morgan fingerprint density at radius 1 is 0.912 bits per heavy atom. The molecule has 3 aromatic carbocycles. The number of carbonyl (C=O) groups excluding carboxylic acids is 1. The number of dihydropyridines is 1. The van der Waals surface area contributed by atoms with Crippen molar-refractivity contribution in [3.05, 3.63) is 125 Å². The molecule has 0 spiro atoms. The van der Waals surface area contributed by atoms with Crippen LogP contribution in [0.15, 0.2) is 108 Å². The van der Waals surface area contributed by atoms with Crippen LogP contribution in [0.5, 0.6) is 5.75 Å². The number of hydrogen-bond donors (Lipinski definition) is 1. The van der Waals surface area contributed by atoms with E-state index in [9.17, 15) is 4.79 Å². The zero-order chi connectivity index (χ0) is 23.7. The molecule has 170 valence electrons. The van der Waals surface area contributed by atoms with Gasteiger partial charge in [-0.05, 0) is 52.8 Å². The predicted molar refractivity (Wildman–Crippen MR) is 138 cm³/mol. The third kappa shape index (κ3) is 4.10. The molecule has 3 heteroatoms. The van der Waals surface area contributed by atoms with Crippen molar-refractivity contribution in [2.45, 2.75) is 26.2 Å². The number of allylic oxidation sites excluding steroid dienone is 4. The minimum Gasteiger partial charge on any atom is -0.497 e. The summed E-state index contributed by atoms with van der Waals surface area (Å²) in [6.07, 6.45) is 5.02. The fourth-order valence-electron chi connectivity index (χ4n) is 4.95. The van der Waals surface area contributed by atoms with E-state index in [0.717, 1.165) is 51.4 Å². The Kier molecular flexibility index (Phi) is 5.70. The summed E-state index contributed by atoms with van der Waals surface area (Å²) in [5, 5.41) is 3.63. The molecule has 1 atom stereocenters. The van der Waals surface area contributed by atoms with Gasteiger partial charge in [-0.3, -0.25) is 4.79 Å². The second kappa shape index (κ2) is 8.83. The van der Waals surface area contributed by atoms with Gasteiger partial charge in [-0.15, -0.1) is 0 Å². The van der Waals surface area contributed by atoms with E-state index < -0.39 is 0 Å². The van der Waals surface area contributed by atoms with Crippen LogP contribution in [0.2, 0.25) is 0 Å². The van der Waals surface area contributed by atoms with Crippen molar-refractivity contribution in [3.8, 4) is 5.75 Å². The molecule has 1 aliphatic heterocycles. The van der Waals surface area contributed by atoms with Gasteiger partial charge in [0.25, 0.3) is 0 Å². The molecule has 1 heterocycles. The third-order valence-corrected chi connectivity index (χ3v) is 6.76. The Labute approximate surface area is 201 Å². The van der Waals surface area contributed by atoms with Crippen molar-refractivity contribution in [2.24, 2.45) is 5.41 Å². The summed E-state index contributed by atoms with van der Waals surface area (Å²) >= 11 is 0. The molecule has 0 saturated carbocycles. The molecular weight excluding hydrogens is 418 g/mol. The number of benzene rings is 3. The van der Waals surface area contributed by atoms with Crippen LogP contribution >= 0.6 is 0 Å². The second-order valence-electron chi connectivity index (χ2n) is 9.57. The molecule has 3 aromatic rings. The van der Waals surface area contributed by atoms with E-state index in [1.54, 1.807) is 7.11 Å². The molecule has 1 aliphatic carbocycles. The van der Waals surface area contributed by atoms with Crippen molar-refractivity contribution in [1.82, 2.24) is 5.32 Å². The largest absolute Gasteiger partial charge is 0.497 e. The number of hydrogen-bond acceptors (Lipinski definition) is 3. The van der Waals surface area contributed by atoms with Crippen LogP contribution in [0, 0.1) is 5.41 Å². The molecule has 3 nitrogen and oxygen atoms in total. The summed E-state index contributed by atoms with van der Waals surface area (Å²) in [6, 6.07) is 28.5. The molecule has 0 fully saturated rings. The van der Waals surface area contributed by atoms with Gasteiger partial charge in [-0.2, -0.15) is 0 Å². The first-order chi connectivity index (χ1) is 16.5. The van der Waals surface area contributed by atoms with Crippen molar-refractivity contribution in [1.29, 1.82) is 0 Å². The Morgan fingerprint density at radius 3 is 2.21 bits per heavy atom. The number of ketones is 1. The SMILES string of the molecule is COc1ccc(C2C=C(c3ccccc3)NC3=C2C(=O)/C(=C\c2ccccc2)C(C)(C)C3)cc1. The minimum absolute atomic E-state index is 0.117. The van der Waals surface area contributed by atoms with Gasteiger partial charge in [0.1, 0.15) is 5.75 Å². The zero-order valence-corrected chi connectivity index (χ0v) is 19.8. The van der Waals surface area contributed by atoms with E-state index in [4.69, 9.17) is 4.74 Å². The van der Waals surface area contributed by atoms with E-state index in [1.807, 2.05) is 60.7 Å². The zero-order valence-electron chi connectivity index (χ0n) is 19.8. The van der Waals surface area contributed by atoms with Crippen LogP contribution in [-0.4, -0.2) is 12.9 Å². The highest BCUT2D eigenvalue weighted by Crippen LogP contribution is 2.48. The first kappa shape index (κ1) is 22.0. The molecule has 1 unspecified atom stereocenters. The van der Waals surface area contributed by atoms with Crippen molar-refractivity contribution in [3.63, 3.8) is 0 Å². The lowest BCUT2D eigenvalue weighted by Crippen LogP contribution is -2.37. The van der Waals surface area contributed by atoms with Crippen molar-refractivity contribution < 1.29 is 9.53 Å². The van der Waals surface area contributed by atoms with Gasteiger partial charge in [0.05, 0.1) is 7.11 Å². The van der Waals surface area contributed by atoms with Crippen LogP contribution in [0.25, 0.3) is 11.8 Å². The maximum atomic E-state index is 14.1. The molecule has 1 N–H and O–H groups in total. The van der Waals surface area contributed by atoms with Crippen LogP contribution in [0.3, 0.4) is 0 Å². The summed E-state index contributed by atoms with van der Waals surface area (Å²) < 4.78 is 5.37. The fourth-order valence-corrected chi connectivity index (χ4v) is 4.95. The van der Waals surface area contributed by atoms with Gasteiger partial charge in [-0.25, -0.2) is 0 Å². The molecule has 0 radical (unpaired) electrons. The first-order valence-electron chi connectivity index (χ1n) is 11.7. The van der Waals surface area contributed by atoms with E-state index in [1.165, 1.54) is 0 Å². The van der Waals surface area contributed by atoms with Gasteiger partial charge in [0, 0.05) is 28.5 Å². The lowest BCUT2D eigenvalue weighted by molar-refractivity contribution is -0.113. The van der Waals surface area contributed by atoms with E-state index in [-0.39, 0.29) is 17.1 Å². The highest BCUT2D eigenvalue weighted by atomic mass is 16.5. The van der Waals surface area contributed by atoms with Crippen LogP contribution in [0.4, 0.5) is 0 Å². The topological polar surface area (TPSA) is 38.3 Å². The minimum atomic E-state index is -0.289. The Morgan fingerprint density at radius 2 is 1.56 bits per heavy atom. The normalized spacial score (nSPS) is 20.4. The van der Waals surface area contributed by atoms with Gasteiger partial charge >= 0.3 is 0 Å². The van der Waals surface area contributed by atoms with E-state index >= 15 is 0 Å². The van der Waals surface area contributed by atoms with Crippen LogP contribution < -0.4 is 10.1 Å². The van der Waals surface area contributed by atoms with Gasteiger partial charge in [-0.1, -0.05) is 86.6 Å². The summed E-state index contributed by atoms with van der Waals surface area (Å²) in [4.78, 5) is 14.1. The fraction of sp³-hybridized carbons (Fsp3) is 0.194. The summed E-state index contributed by atoms with van der Waals surface area (Å²) in [6.45, 7) is 4.32. The number of methoxy groups -OCH3 is 1. The summed E-state index contributed by atoms with van der Waals surface area (Å²) in [5.74, 6) is 0.784. The number of nitrogens with one attached hydrogen (secondary N) is 1. The lowest BCUT2D eigenvalue weighted by Gasteiger charge is -2.40. The van der Waals surface area contributed by atoms with Crippen LogP contribution in [-0.2, 0) is 4.79 Å². The summed E-state index contributed by atoms with van der Waals surface area (Å²) in [7, 11) is 1.67. The highest BCUT2D eigenvalue weighted by Gasteiger charge is 2.42. The average Bonchev–Trinajstić information content (AvgIpc) is 2.87. The standard InChI is InChI=1S/C31H29NO2/c1-31(2)20-28-29(30(33)26(31)18-21-10-6-4-7-11-21)25(22-14-16-24(34-3)17-15-22)19-27(32-28)23-12-8-5-9-13-23/h4-19,25,32H,20H2,1-3H3/b26-18+. The number of carbonyl (C=O) groups is 1. The molecule has 5 rings (SSSR count). The maximum Gasteiger partial charge on any atom is 0.188 e. The Hall–Kier alpha value is -3.85. The van der Waals surface area contributed by atoms with Crippen molar-refractivity contribution in [2.75, 3.05) is 7.11 Å². The molecule has 0 saturated heterocycles. The lowest BCUT2D eigenvalue weighted by atomic mass is 9.67. The summed E-state index contributed by atoms with van der Waals surface area (Å²) in [5.41, 5.74) is 6.71. The number of Topliss-reactive ketones (excluding diaryl/α,β-unsaturated/α-hetero) is 1. The number of ether oxygens (including phenoxy) is 1. The average molecular weight is 448 g/mol. The Balaban J connectivity index is 1.64.